The first-order valence-corrected chi connectivity index (χ1v) is 5.11. The second-order valence-corrected chi connectivity index (χ2v) is 4.08. The highest BCUT2D eigenvalue weighted by atomic mass is 127. The molecule has 0 aliphatic heterocycles. The van der Waals surface area contributed by atoms with Crippen molar-refractivity contribution in [1.29, 1.82) is 0 Å². The summed E-state index contributed by atoms with van der Waals surface area (Å²) >= 11 is 1.84. The molecule has 78 valence electrons. The predicted molar refractivity (Wildman–Crippen MR) is 61.5 cm³/mol. The summed E-state index contributed by atoms with van der Waals surface area (Å²) in [4.78, 5) is 3.80. The third-order valence-electron chi connectivity index (χ3n) is 1.59. The first-order valence-electron chi connectivity index (χ1n) is 4.03. The summed E-state index contributed by atoms with van der Waals surface area (Å²) in [6, 6.07) is 1.19. The summed E-state index contributed by atoms with van der Waals surface area (Å²) in [5.74, 6) is -0.112. The lowest BCUT2D eigenvalue weighted by Crippen LogP contribution is -2.21. The van der Waals surface area contributed by atoms with Crippen LogP contribution < -0.4 is 11.1 Å². The molecule has 0 fully saturated rings. The summed E-state index contributed by atoms with van der Waals surface area (Å²) in [6.45, 7) is 1.63. The van der Waals surface area contributed by atoms with Crippen molar-refractivity contribution in [3.05, 3.63) is 15.5 Å². The molecule has 14 heavy (non-hydrogen) atoms. The largest absolute Gasteiger partial charge is 0.394 e. The number of aromatic nitrogens is 1. The minimum atomic E-state index is -0.444. The number of halogens is 2. The number of hydrogen-bond donors (Lipinski definition) is 3. The lowest BCUT2D eigenvalue weighted by Gasteiger charge is -2.13. The number of aliphatic hydroxyl groups is 1. The van der Waals surface area contributed by atoms with E-state index in [1.165, 1.54) is 6.07 Å². The first-order chi connectivity index (χ1) is 6.54. The number of nitrogens with two attached hydrogens (primary N) is 1. The van der Waals surface area contributed by atoms with Gasteiger partial charge in [0.2, 0.25) is 0 Å². The Labute approximate surface area is 94.9 Å². The zero-order valence-electron chi connectivity index (χ0n) is 7.59. The number of anilines is 2. The average Bonchev–Trinajstić information content (AvgIpc) is 2.13. The average molecular weight is 311 g/mol. The van der Waals surface area contributed by atoms with Crippen LogP contribution in [0.15, 0.2) is 6.07 Å². The Morgan fingerprint density at radius 2 is 2.43 bits per heavy atom. The quantitative estimate of drug-likeness (QED) is 0.734. The molecule has 0 aliphatic rings. The van der Waals surface area contributed by atoms with Crippen LogP contribution in [0, 0.1) is 9.39 Å². The van der Waals surface area contributed by atoms with Gasteiger partial charge in [0.1, 0.15) is 5.82 Å². The molecule has 0 spiro atoms. The summed E-state index contributed by atoms with van der Waals surface area (Å²) < 4.78 is 13.8. The van der Waals surface area contributed by atoms with Gasteiger partial charge < -0.3 is 16.2 Å². The molecular weight excluding hydrogens is 300 g/mol. The van der Waals surface area contributed by atoms with Crippen LogP contribution in [0.25, 0.3) is 0 Å². The van der Waals surface area contributed by atoms with E-state index < -0.39 is 5.82 Å². The van der Waals surface area contributed by atoms with Crippen LogP contribution in [0.5, 0.6) is 0 Å². The van der Waals surface area contributed by atoms with E-state index in [2.05, 4.69) is 10.3 Å². The lowest BCUT2D eigenvalue weighted by atomic mass is 10.3. The molecular formula is C8H11FIN3O. The van der Waals surface area contributed by atoms with Crippen LogP contribution in [0.1, 0.15) is 6.92 Å². The van der Waals surface area contributed by atoms with E-state index in [-0.39, 0.29) is 24.3 Å². The normalized spacial score (nSPS) is 12.6. The molecule has 1 aromatic heterocycles. The van der Waals surface area contributed by atoms with E-state index in [1.807, 2.05) is 22.6 Å². The first kappa shape index (κ1) is 11.4. The molecule has 4 nitrogen and oxygen atoms in total. The summed E-state index contributed by atoms with van der Waals surface area (Å²) in [5.41, 5.74) is 5.46. The third-order valence-corrected chi connectivity index (χ3v) is 2.38. The minimum absolute atomic E-state index is 0.0796. The summed E-state index contributed by atoms with van der Waals surface area (Å²) in [7, 11) is 0. The van der Waals surface area contributed by atoms with E-state index in [9.17, 15) is 4.39 Å². The van der Waals surface area contributed by atoms with E-state index in [0.29, 0.717) is 3.57 Å². The van der Waals surface area contributed by atoms with Crippen molar-refractivity contribution in [2.24, 2.45) is 0 Å². The molecule has 0 saturated heterocycles. The number of pyridine rings is 1. The van der Waals surface area contributed by atoms with Crippen molar-refractivity contribution in [2.75, 3.05) is 17.7 Å². The Kier molecular flexibility index (Phi) is 3.87. The van der Waals surface area contributed by atoms with Gasteiger partial charge in [0.25, 0.3) is 0 Å². The van der Waals surface area contributed by atoms with E-state index in [1.54, 1.807) is 6.92 Å². The Hall–Kier alpha value is -0.630. The Balaban J connectivity index is 2.96. The van der Waals surface area contributed by atoms with Gasteiger partial charge in [0.05, 0.1) is 10.2 Å². The van der Waals surface area contributed by atoms with Gasteiger partial charge in [-0.3, -0.25) is 0 Å². The number of hydrogen-bond acceptors (Lipinski definition) is 4. The smallest absolute Gasteiger partial charge is 0.178 e. The van der Waals surface area contributed by atoms with E-state index in [0.717, 1.165) is 0 Å². The molecule has 6 heteroatoms. The molecule has 0 saturated carbocycles. The monoisotopic (exact) mass is 311 g/mol. The summed E-state index contributed by atoms with van der Waals surface area (Å²) in [5, 5.41) is 11.5. The van der Waals surface area contributed by atoms with Crippen molar-refractivity contribution in [3.63, 3.8) is 0 Å². The van der Waals surface area contributed by atoms with E-state index in [4.69, 9.17) is 10.8 Å². The molecule has 0 aliphatic carbocycles. The van der Waals surface area contributed by atoms with Gasteiger partial charge in [-0.1, -0.05) is 0 Å². The number of nitrogens with zero attached hydrogens (tertiary/aromatic N) is 1. The zero-order chi connectivity index (χ0) is 10.7. The van der Waals surface area contributed by atoms with Crippen molar-refractivity contribution in [3.8, 4) is 0 Å². The maximum Gasteiger partial charge on any atom is 0.178 e. The second-order valence-electron chi connectivity index (χ2n) is 2.92. The Bertz CT molecular complexity index is 335. The maximum atomic E-state index is 13.4. The molecule has 0 amide bonds. The highest BCUT2D eigenvalue weighted by molar-refractivity contribution is 14.1. The van der Waals surface area contributed by atoms with Gasteiger partial charge in [-0.05, 0) is 35.6 Å². The van der Waals surface area contributed by atoms with Crippen molar-refractivity contribution in [2.45, 2.75) is 13.0 Å². The molecule has 0 aromatic carbocycles. The minimum Gasteiger partial charge on any atom is -0.394 e. The van der Waals surface area contributed by atoms with Crippen molar-refractivity contribution in [1.82, 2.24) is 4.98 Å². The highest BCUT2D eigenvalue weighted by Gasteiger charge is 2.11. The molecule has 1 aromatic rings. The van der Waals surface area contributed by atoms with Gasteiger partial charge in [-0.15, -0.1) is 0 Å². The van der Waals surface area contributed by atoms with Crippen LogP contribution in [-0.2, 0) is 0 Å². The number of aliphatic hydroxyl groups excluding tert-OH is 1. The molecule has 1 rings (SSSR count). The van der Waals surface area contributed by atoms with Gasteiger partial charge in [-0.2, -0.15) is 0 Å². The fraction of sp³-hybridized carbons (Fsp3) is 0.375. The number of rotatable bonds is 3. The molecule has 0 radical (unpaired) electrons. The molecule has 4 N–H and O–H groups in total. The molecule has 0 unspecified atom stereocenters. The van der Waals surface area contributed by atoms with Crippen molar-refractivity contribution < 1.29 is 9.50 Å². The standard InChI is InChI=1S/C8H11FIN3O/c1-4(3-14)12-8-7(9)5(10)2-6(11)13-8/h2,4,14H,3H2,1H3,(H3,11,12,13)/t4-/m1/s1. The van der Waals surface area contributed by atoms with Gasteiger partial charge in [0.15, 0.2) is 11.6 Å². The lowest BCUT2D eigenvalue weighted by molar-refractivity contribution is 0.281. The highest BCUT2D eigenvalue weighted by Crippen LogP contribution is 2.20. The van der Waals surface area contributed by atoms with Crippen LogP contribution in [0.3, 0.4) is 0 Å². The van der Waals surface area contributed by atoms with Crippen LogP contribution >= 0.6 is 22.6 Å². The fourth-order valence-electron chi connectivity index (χ4n) is 0.891. The summed E-state index contributed by atoms with van der Waals surface area (Å²) in [6.07, 6.45) is 0. The van der Waals surface area contributed by atoms with Gasteiger partial charge >= 0.3 is 0 Å². The third kappa shape index (κ3) is 2.68. The fourth-order valence-corrected chi connectivity index (χ4v) is 1.47. The number of nitrogens with one attached hydrogen (secondary N) is 1. The van der Waals surface area contributed by atoms with E-state index >= 15 is 0 Å². The molecule has 1 atom stereocenters. The number of nitrogen functional groups attached to an aromatic ring is 1. The second kappa shape index (κ2) is 4.74. The maximum absolute atomic E-state index is 13.4. The van der Waals surface area contributed by atoms with Gasteiger partial charge in [-0.25, -0.2) is 9.37 Å². The predicted octanol–water partition coefficient (Wildman–Crippen LogP) is 1.20. The zero-order valence-corrected chi connectivity index (χ0v) is 9.75. The molecule has 1 heterocycles. The van der Waals surface area contributed by atoms with Crippen molar-refractivity contribution >= 4 is 34.2 Å². The van der Waals surface area contributed by atoms with Gasteiger partial charge in [0, 0.05) is 6.04 Å². The topological polar surface area (TPSA) is 71.2 Å². The van der Waals surface area contributed by atoms with Crippen LogP contribution in [0.4, 0.5) is 16.0 Å². The molecule has 0 bridgehead atoms. The van der Waals surface area contributed by atoms with Crippen LogP contribution in [0.2, 0.25) is 0 Å². The Morgan fingerprint density at radius 1 is 1.79 bits per heavy atom. The van der Waals surface area contributed by atoms with Crippen LogP contribution in [-0.4, -0.2) is 22.7 Å². The SMILES string of the molecule is C[C@H](CO)Nc1nc(N)cc(I)c1F. The Morgan fingerprint density at radius 3 is 3.00 bits per heavy atom.